The summed E-state index contributed by atoms with van der Waals surface area (Å²) < 4.78 is 6.59. The molecule has 0 fully saturated rings. The van der Waals surface area contributed by atoms with Crippen LogP contribution in [0.4, 0.5) is 5.82 Å². The smallest absolute Gasteiger partial charge is 0.213 e. The van der Waals surface area contributed by atoms with Gasteiger partial charge in [-0.3, -0.25) is 0 Å². The van der Waals surface area contributed by atoms with E-state index >= 15 is 0 Å². The molecule has 2 rings (SSSR count). The fourth-order valence-corrected chi connectivity index (χ4v) is 1.88. The molecule has 0 atom stereocenters. The lowest BCUT2D eigenvalue weighted by molar-refractivity contribution is 0.253. The summed E-state index contributed by atoms with van der Waals surface area (Å²) in [5.74, 6) is 1.49. The largest absolute Gasteiger partial charge is 0.476 e. The number of aromatic nitrogens is 2. The molecular weight excluding hydrogens is 332 g/mol. The maximum atomic E-state index is 5.62. The van der Waals surface area contributed by atoms with E-state index < -0.39 is 0 Å². The molecule has 0 aliphatic rings. The monoisotopic (exact) mass is 350 g/mol. The van der Waals surface area contributed by atoms with Crippen LogP contribution in [0, 0.1) is 0 Å². The predicted molar refractivity (Wildman–Crippen MR) is 87.5 cm³/mol. The third kappa shape index (κ3) is 5.69. The van der Waals surface area contributed by atoms with E-state index in [1.54, 1.807) is 12.4 Å². The number of hydrogen-bond donors (Lipinski definition) is 1. The Kier molecular flexibility index (Phi) is 5.95. The Labute approximate surface area is 133 Å². The van der Waals surface area contributed by atoms with Crippen molar-refractivity contribution < 1.29 is 4.74 Å². The van der Waals surface area contributed by atoms with Gasteiger partial charge in [0.05, 0.1) is 0 Å². The van der Waals surface area contributed by atoms with Crippen LogP contribution < -0.4 is 10.1 Å². The maximum absolute atomic E-state index is 5.62. The van der Waals surface area contributed by atoms with Gasteiger partial charge in [0.2, 0.25) is 5.88 Å². The first-order valence-electron chi connectivity index (χ1n) is 6.71. The number of nitrogens with one attached hydrogen (secondary N) is 1. The highest BCUT2D eigenvalue weighted by atomic mass is 79.9. The molecule has 112 valence electrons. The molecule has 0 saturated carbocycles. The normalized spacial score (nSPS) is 10.7. The van der Waals surface area contributed by atoms with Gasteiger partial charge in [0.25, 0.3) is 0 Å². The number of halogens is 1. The Morgan fingerprint density at radius 3 is 2.81 bits per heavy atom. The lowest BCUT2D eigenvalue weighted by Gasteiger charge is -2.11. The van der Waals surface area contributed by atoms with Crippen molar-refractivity contribution >= 4 is 21.7 Å². The lowest BCUT2D eigenvalue weighted by Crippen LogP contribution is -2.19. The second-order valence-electron chi connectivity index (χ2n) is 4.87. The summed E-state index contributed by atoms with van der Waals surface area (Å²) in [6.07, 6.45) is 3.53. The molecule has 21 heavy (non-hydrogen) atoms. The van der Waals surface area contributed by atoms with Crippen molar-refractivity contribution in [3.05, 3.63) is 46.7 Å². The van der Waals surface area contributed by atoms with Gasteiger partial charge >= 0.3 is 0 Å². The van der Waals surface area contributed by atoms with Crippen LogP contribution in [0.5, 0.6) is 5.88 Å². The van der Waals surface area contributed by atoms with Gasteiger partial charge < -0.3 is 15.0 Å². The molecule has 0 aliphatic heterocycles. The van der Waals surface area contributed by atoms with Crippen LogP contribution in [0.15, 0.2) is 41.1 Å². The SMILES string of the molecule is CN(C)CCOc1cc(CNc2ccc(Br)cn2)ccn1. The molecule has 0 spiro atoms. The highest BCUT2D eigenvalue weighted by molar-refractivity contribution is 9.10. The van der Waals surface area contributed by atoms with Crippen LogP contribution in [0.2, 0.25) is 0 Å². The van der Waals surface area contributed by atoms with Gasteiger partial charge in [-0.2, -0.15) is 0 Å². The average Bonchev–Trinajstić information content (AvgIpc) is 2.47. The van der Waals surface area contributed by atoms with E-state index in [0.717, 1.165) is 22.4 Å². The summed E-state index contributed by atoms with van der Waals surface area (Å²) in [6.45, 7) is 2.18. The van der Waals surface area contributed by atoms with Gasteiger partial charge in [0.1, 0.15) is 12.4 Å². The number of hydrogen-bond acceptors (Lipinski definition) is 5. The van der Waals surface area contributed by atoms with Crippen molar-refractivity contribution in [2.45, 2.75) is 6.54 Å². The van der Waals surface area contributed by atoms with E-state index in [0.29, 0.717) is 19.0 Å². The van der Waals surface area contributed by atoms with Crippen molar-refractivity contribution in [2.75, 3.05) is 32.6 Å². The summed E-state index contributed by atoms with van der Waals surface area (Å²) >= 11 is 3.37. The lowest BCUT2D eigenvalue weighted by atomic mass is 10.2. The quantitative estimate of drug-likeness (QED) is 0.831. The number of nitrogens with zero attached hydrogens (tertiary/aromatic N) is 3. The maximum Gasteiger partial charge on any atom is 0.213 e. The molecule has 2 aromatic heterocycles. The summed E-state index contributed by atoms with van der Waals surface area (Å²) in [5, 5.41) is 3.27. The van der Waals surface area contributed by atoms with Gasteiger partial charge in [-0.05, 0) is 53.8 Å². The Morgan fingerprint density at radius 1 is 1.24 bits per heavy atom. The first-order valence-corrected chi connectivity index (χ1v) is 7.50. The van der Waals surface area contributed by atoms with Crippen molar-refractivity contribution in [3.63, 3.8) is 0 Å². The van der Waals surface area contributed by atoms with Gasteiger partial charge in [-0.1, -0.05) is 0 Å². The molecule has 5 nitrogen and oxygen atoms in total. The van der Waals surface area contributed by atoms with Crippen molar-refractivity contribution in [1.82, 2.24) is 14.9 Å². The zero-order valence-electron chi connectivity index (χ0n) is 12.2. The van der Waals surface area contributed by atoms with Gasteiger partial charge in [-0.25, -0.2) is 9.97 Å². The molecule has 0 aromatic carbocycles. The first kappa shape index (κ1) is 15.7. The molecular formula is C15H19BrN4O. The highest BCUT2D eigenvalue weighted by Crippen LogP contribution is 2.13. The summed E-state index contributed by atoms with van der Waals surface area (Å²) in [5.41, 5.74) is 1.11. The summed E-state index contributed by atoms with van der Waals surface area (Å²) in [6, 6.07) is 7.80. The van der Waals surface area contributed by atoms with E-state index in [2.05, 4.69) is 36.1 Å². The molecule has 0 unspecified atom stereocenters. The minimum atomic E-state index is 0.630. The Bertz CT molecular complexity index is 560. The van der Waals surface area contributed by atoms with Crippen LogP contribution in [0.25, 0.3) is 0 Å². The molecule has 0 aliphatic carbocycles. The number of rotatable bonds is 7. The Hall–Kier alpha value is -1.66. The minimum Gasteiger partial charge on any atom is -0.476 e. The van der Waals surface area contributed by atoms with Crippen LogP contribution in [0.1, 0.15) is 5.56 Å². The molecule has 6 heteroatoms. The van der Waals surface area contributed by atoms with E-state index in [9.17, 15) is 0 Å². The highest BCUT2D eigenvalue weighted by Gasteiger charge is 2.00. The van der Waals surface area contributed by atoms with Gasteiger partial charge in [0, 0.05) is 36.0 Å². The molecule has 0 radical (unpaired) electrons. The van der Waals surface area contributed by atoms with E-state index in [1.807, 2.05) is 38.4 Å². The number of anilines is 1. The fraction of sp³-hybridized carbons (Fsp3) is 0.333. The zero-order valence-corrected chi connectivity index (χ0v) is 13.8. The van der Waals surface area contributed by atoms with Crippen LogP contribution in [0.3, 0.4) is 0 Å². The number of likely N-dealkylation sites (N-methyl/N-ethyl adjacent to an activating group) is 1. The molecule has 0 amide bonds. The van der Waals surface area contributed by atoms with Gasteiger partial charge in [-0.15, -0.1) is 0 Å². The third-order valence-electron chi connectivity index (χ3n) is 2.79. The molecule has 0 bridgehead atoms. The van der Waals surface area contributed by atoms with Crippen LogP contribution >= 0.6 is 15.9 Å². The fourth-order valence-electron chi connectivity index (χ4n) is 1.65. The average molecular weight is 351 g/mol. The van der Waals surface area contributed by atoms with Gasteiger partial charge in [0.15, 0.2) is 0 Å². The van der Waals surface area contributed by atoms with Crippen molar-refractivity contribution in [1.29, 1.82) is 0 Å². The Morgan fingerprint density at radius 2 is 2.10 bits per heavy atom. The first-order chi connectivity index (χ1) is 10.1. The molecule has 0 saturated heterocycles. The summed E-state index contributed by atoms with van der Waals surface area (Å²) in [7, 11) is 4.03. The molecule has 2 aromatic rings. The van der Waals surface area contributed by atoms with E-state index in [1.165, 1.54) is 0 Å². The van der Waals surface area contributed by atoms with Crippen LogP contribution in [-0.2, 0) is 6.54 Å². The van der Waals surface area contributed by atoms with Crippen molar-refractivity contribution in [3.8, 4) is 5.88 Å². The van der Waals surface area contributed by atoms with E-state index in [4.69, 9.17) is 4.74 Å². The second-order valence-corrected chi connectivity index (χ2v) is 5.78. The second kappa shape index (κ2) is 7.95. The van der Waals surface area contributed by atoms with Crippen LogP contribution in [-0.4, -0.2) is 42.1 Å². The Balaban J connectivity index is 1.87. The van der Waals surface area contributed by atoms with E-state index in [-0.39, 0.29) is 0 Å². The standard InChI is InChI=1S/C15H19BrN4O/c1-20(2)7-8-21-15-9-12(5-6-17-15)10-18-14-4-3-13(16)11-19-14/h3-6,9,11H,7-8,10H2,1-2H3,(H,18,19). The molecule has 2 heterocycles. The minimum absolute atomic E-state index is 0.630. The molecule has 1 N–H and O–H groups in total. The zero-order chi connectivity index (χ0) is 15.1. The number of pyridine rings is 2. The third-order valence-corrected chi connectivity index (χ3v) is 3.26. The van der Waals surface area contributed by atoms with Crippen molar-refractivity contribution in [2.24, 2.45) is 0 Å². The predicted octanol–water partition coefficient (Wildman–Crippen LogP) is 2.79. The number of ether oxygens (including phenoxy) is 1. The topological polar surface area (TPSA) is 50.3 Å². The summed E-state index contributed by atoms with van der Waals surface area (Å²) in [4.78, 5) is 10.6.